The van der Waals surface area contributed by atoms with Gasteiger partial charge in [-0.3, -0.25) is 0 Å². The summed E-state index contributed by atoms with van der Waals surface area (Å²) >= 11 is 0. The standard InChI is InChI=1S/C13H19NO/c1-13(2)10(8-14)12(13)9-6-4-5-7-11(9)15-3/h4-7,10,12H,8,14H2,1-3H3/t10-,12-/m0/s1. The summed E-state index contributed by atoms with van der Waals surface area (Å²) in [5.74, 6) is 2.14. The number of nitrogens with two attached hydrogens (primary N) is 1. The predicted octanol–water partition coefficient (Wildman–Crippen LogP) is 2.39. The first kappa shape index (κ1) is 10.5. The Morgan fingerprint density at radius 1 is 1.33 bits per heavy atom. The Labute approximate surface area is 91.4 Å². The molecule has 2 rings (SSSR count). The third-order valence-corrected chi connectivity index (χ3v) is 3.78. The van der Waals surface area contributed by atoms with Gasteiger partial charge in [-0.2, -0.15) is 0 Å². The van der Waals surface area contributed by atoms with E-state index < -0.39 is 0 Å². The normalized spacial score (nSPS) is 27.5. The van der Waals surface area contributed by atoms with E-state index in [-0.39, 0.29) is 0 Å². The molecule has 2 nitrogen and oxygen atoms in total. The largest absolute Gasteiger partial charge is 0.496 e. The van der Waals surface area contributed by atoms with Crippen LogP contribution in [0.1, 0.15) is 25.3 Å². The highest BCUT2D eigenvalue weighted by molar-refractivity contribution is 5.42. The molecule has 1 aromatic rings. The first-order chi connectivity index (χ1) is 7.12. The molecule has 1 aliphatic carbocycles. The Kier molecular flexibility index (Phi) is 2.47. The smallest absolute Gasteiger partial charge is 0.122 e. The van der Waals surface area contributed by atoms with Gasteiger partial charge in [-0.15, -0.1) is 0 Å². The van der Waals surface area contributed by atoms with E-state index in [1.165, 1.54) is 5.56 Å². The lowest BCUT2D eigenvalue weighted by atomic mass is 10.0. The van der Waals surface area contributed by atoms with Crippen molar-refractivity contribution in [2.24, 2.45) is 17.1 Å². The summed E-state index contributed by atoms with van der Waals surface area (Å²) in [5.41, 5.74) is 7.42. The molecule has 2 N–H and O–H groups in total. The second-order valence-electron chi connectivity index (χ2n) is 4.88. The Bertz CT molecular complexity index is 359. The maximum absolute atomic E-state index is 5.79. The first-order valence-electron chi connectivity index (χ1n) is 5.46. The minimum Gasteiger partial charge on any atom is -0.496 e. The lowest BCUT2D eigenvalue weighted by Gasteiger charge is -2.08. The molecule has 2 atom stereocenters. The topological polar surface area (TPSA) is 35.2 Å². The van der Waals surface area contributed by atoms with Gasteiger partial charge in [-0.1, -0.05) is 32.0 Å². The molecule has 1 fully saturated rings. The van der Waals surface area contributed by atoms with E-state index in [0.717, 1.165) is 12.3 Å². The fourth-order valence-electron chi connectivity index (χ4n) is 2.72. The molecule has 0 saturated heterocycles. The zero-order valence-electron chi connectivity index (χ0n) is 9.66. The molecule has 82 valence electrons. The van der Waals surface area contributed by atoms with Crippen molar-refractivity contribution in [3.8, 4) is 5.75 Å². The van der Waals surface area contributed by atoms with Gasteiger partial charge in [0.15, 0.2) is 0 Å². The van der Waals surface area contributed by atoms with Crippen LogP contribution in [-0.2, 0) is 0 Å². The van der Waals surface area contributed by atoms with Gasteiger partial charge < -0.3 is 10.5 Å². The number of benzene rings is 1. The minimum atomic E-state index is 0.323. The molecule has 15 heavy (non-hydrogen) atoms. The van der Waals surface area contributed by atoms with Gasteiger partial charge in [0.1, 0.15) is 5.75 Å². The molecular weight excluding hydrogens is 186 g/mol. The minimum absolute atomic E-state index is 0.323. The summed E-state index contributed by atoms with van der Waals surface area (Å²) in [6.45, 7) is 5.32. The molecule has 2 heteroatoms. The van der Waals surface area contributed by atoms with Crippen molar-refractivity contribution in [3.05, 3.63) is 29.8 Å². The predicted molar refractivity (Wildman–Crippen MR) is 62.1 cm³/mol. The lowest BCUT2D eigenvalue weighted by molar-refractivity contribution is 0.407. The van der Waals surface area contributed by atoms with Gasteiger partial charge in [0.2, 0.25) is 0 Å². The number of para-hydroxylation sites is 1. The second kappa shape index (κ2) is 3.53. The molecule has 0 bridgehead atoms. The van der Waals surface area contributed by atoms with Gasteiger partial charge >= 0.3 is 0 Å². The molecule has 0 amide bonds. The van der Waals surface area contributed by atoms with Crippen LogP contribution in [0.2, 0.25) is 0 Å². The molecule has 1 saturated carbocycles. The zero-order chi connectivity index (χ0) is 11.1. The van der Waals surface area contributed by atoms with Gasteiger partial charge in [-0.25, -0.2) is 0 Å². The van der Waals surface area contributed by atoms with Crippen molar-refractivity contribution < 1.29 is 4.74 Å². The van der Waals surface area contributed by atoms with Crippen LogP contribution < -0.4 is 10.5 Å². The highest BCUT2D eigenvalue weighted by Gasteiger charge is 2.57. The van der Waals surface area contributed by atoms with Crippen LogP contribution in [0.25, 0.3) is 0 Å². The van der Waals surface area contributed by atoms with E-state index in [1.807, 2.05) is 12.1 Å². The molecule has 1 aromatic carbocycles. The molecule has 0 unspecified atom stereocenters. The Morgan fingerprint density at radius 3 is 2.53 bits per heavy atom. The van der Waals surface area contributed by atoms with Crippen LogP contribution in [0, 0.1) is 11.3 Å². The summed E-state index contributed by atoms with van der Waals surface area (Å²) in [4.78, 5) is 0. The molecule has 0 aliphatic heterocycles. The van der Waals surface area contributed by atoms with Crippen LogP contribution in [0.3, 0.4) is 0 Å². The quantitative estimate of drug-likeness (QED) is 0.822. The monoisotopic (exact) mass is 205 g/mol. The fraction of sp³-hybridized carbons (Fsp3) is 0.538. The number of ether oxygens (including phenoxy) is 1. The van der Waals surface area contributed by atoms with Crippen LogP contribution in [0.5, 0.6) is 5.75 Å². The van der Waals surface area contributed by atoms with E-state index in [0.29, 0.717) is 17.3 Å². The van der Waals surface area contributed by atoms with E-state index in [2.05, 4.69) is 26.0 Å². The average molecular weight is 205 g/mol. The summed E-state index contributed by atoms with van der Waals surface area (Å²) in [6.07, 6.45) is 0. The zero-order valence-corrected chi connectivity index (χ0v) is 9.66. The first-order valence-corrected chi connectivity index (χ1v) is 5.46. The average Bonchev–Trinajstić information content (AvgIpc) is 2.80. The Hall–Kier alpha value is -1.02. The number of hydrogen-bond donors (Lipinski definition) is 1. The Balaban J connectivity index is 2.32. The third kappa shape index (κ3) is 1.53. The van der Waals surface area contributed by atoms with Gasteiger partial charge in [-0.05, 0) is 35.4 Å². The molecule has 1 aliphatic rings. The maximum atomic E-state index is 5.79. The van der Waals surface area contributed by atoms with E-state index in [4.69, 9.17) is 10.5 Å². The van der Waals surface area contributed by atoms with Gasteiger partial charge in [0.05, 0.1) is 7.11 Å². The highest BCUT2D eigenvalue weighted by atomic mass is 16.5. The van der Waals surface area contributed by atoms with Crippen LogP contribution >= 0.6 is 0 Å². The number of methoxy groups -OCH3 is 1. The SMILES string of the molecule is COc1ccccc1[C@H]1[C@H](CN)C1(C)C. The van der Waals surface area contributed by atoms with Crippen molar-refractivity contribution in [1.29, 1.82) is 0 Å². The van der Waals surface area contributed by atoms with Crippen molar-refractivity contribution in [1.82, 2.24) is 0 Å². The van der Waals surface area contributed by atoms with E-state index in [1.54, 1.807) is 7.11 Å². The van der Waals surface area contributed by atoms with Crippen LogP contribution in [-0.4, -0.2) is 13.7 Å². The maximum Gasteiger partial charge on any atom is 0.122 e. The molecule has 0 radical (unpaired) electrons. The van der Waals surface area contributed by atoms with Crippen LogP contribution in [0.4, 0.5) is 0 Å². The molecule has 0 heterocycles. The third-order valence-electron chi connectivity index (χ3n) is 3.78. The van der Waals surface area contributed by atoms with E-state index >= 15 is 0 Å². The number of rotatable bonds is 3. The number of hydrogen-bond acceptors (Lipinski definition) is 2. The summed E-state index contributed by atoms with van der Waals surface area (Å²) in [5, 5.41) is 0. The molecular formula is C13H19NO. The van der Waals surface area contributed by atoms with Crippen molar-refractivity contribution in [2.45, 2.75) is 19.8 Å². The second-order valence-corrected chi connectivity index (χ2v) is 4.88. The summed E-state index contributed by atoms with van der Waals surface area (Å²) in [7, 11) is 1.73. The fourth-order valence-corrected chi connectivity index (χ4v) is 2.72. The summed E-state index contributed by atoms with van der Waals surface area (Å²) in [6, 6.07) is 8.26. The summed E-state index contributed by atoms with van der Waals surface area (Å²) < 4.78 is 5.39. The van der Waals surface area contributed by atoms with E-state index in [9.17, 15) is 0 Å². The highest BCUT2D eigenvalue weighted by Crippen LogP contribution is 2.65. The lowest BCUT2D eigenvalue weighted by Crippen LogP contribution is -2.05. The molecule has 0 spiro atoms. The van der Waals surface area contributed by atoms with Crippen LogP contribution in [0.15, 0.2) is 24.3 Å². The van der Waals surface area contributed by atoms with Gasteiger partial charge in [0, 0.05) is 0 Å². The van der Waals surface area contributed by atoms with Crippen molar-refractivity contribution in [2.75, 3.05) is 13.7 Å². The molecule has 0 aromatic heterocycles. The van der Waals surface area contributed by atoms with Crippen molar-refractivity contribution in [3.63, 3.8) is 0 Å². The van der Waals surface area contributed by atoms with Crippen molar-refractivity contribution >= 4 is 0 Å². The van der Waals surface area contributed by atoms with Gasteiger partial charge in [0.25, 0.3) is 0 Å². The Morgan fingerprint density at radius 2 is 2.00 bits per heavy atom.